The molecule has 0 radical (unpaired) electrons. The normalized spacial score (nSPS) is 16.5. The van der Waals surface area contributed by atoms with Crippen LogP contribution in [0, 0.1) is 10.1 Å². The van der Waals surface area contributed by atoms with Gasteiger partial charge in [0, 0.05) is 36.3 Å². The number of nitrogens with zero attached hydrogens (tertiary/aromatic N) is 2. The lowest BCUT2D eigenvalue weighted by Crippen LogP contribution is -2.32. The van der Waals surface area contributed by atoms with Crippen molar-refractivity contribution in [2.75, 3.05) is 29.5 Å². The molecule has 104 valence electrons. The fourth-order valence-corrected chi connectivity index (χ4v) is 2.83. The second-order valence-corrected chi connectivity index (χ2v) is 5.28. The molecule has 0 atom stereocenters. The molecule has 1 aliphatic rings. The van der Waals surface area contributed by atoms with Gasteiger partial charge in [0.1, 0.15) is 5.56 Å². The number of anilines is 1. The highest BCUT2D eigenvalue weighted by Gasteiger charge is 2.38. The highest BCUT2D eigenvalue weighted by molar-refractivity contribution is 7.99. The van der Waals surface area contributed by atoms with Crippen LogP contribution in [0.1, 0.15) is 5.56 Å². The van der Waals surface area contributed by atoms with E-state index < -0.39 is 22.4 Å². The monoisotopic (exact) mass is 292 g/mol. The Bertz CT molecular complexity index is 487. The molecule has 0 unspecified atom stereocenters. The molecule has 1 fully saturated rings. The van der Waals surface area contributed by atoms with Crippen LogP contribution in [0.2, 0.25) is 0 Å². The lowest BCUT2D eigenvalue weighted by Gasteiger charge is -2.28. The molecule has 0 aromatic heterocycles. The Hall–Kier alpha value is -1.44. The maximum atomic E-state index is 12.8. The average Bonchev–Trinajstić information content (AvgIpc) is 2.38. The Labute approximate surface area is 111 Å². The standard InChI is InChI=1S/C11H11F3N2O2S/c12-11(13,14)9-7-8(1-2-10(9)16(17)18)15-3-5-19-6-4-15/h1-2,7H,3-6H2. The topological polar surface area (TPSA) is 46.4 Å². The third-order valence-electron chi connectivity index (χ3n) is 2.86. The fraction of sp³-hybridized carbons (Fsp3) is 0.455. The number of hydrogen-bond donors (Lipinski definition) is 0. The van der Waals surface area contributed by atoms with Gasteiger partial charge in [-0.05, 0) is 12.1 Å². The van der Waals surface area contributed by atoms with Crippen LogP contribution in [-0.4, -0.2) is 29.5 Å². The number of benzene rings is 1. The third-order valence-corrected chi connectivity index (χ3v) is 3.80. The first-order valence-corrected chi connectivity index (χ1v) is 6.73. The zero-order valence-corrected chi connectivity index (χ0v) is 10.6. The van der Waals surface area contributed by atoms with Crippen molar-refractivity contribution < 1.29 is 18.1 Å². The summed E-state index contributed by atoms with van der Waals surface area (Å²) < 4.78 is 38.5. The van der Waals surface area contributed by atoms with E-state index in [0.717, 1.165) is 23.6 Å². The number of rotatable bonds is 2. The van der Waals surface area contributed by atoms with Gasteiger partial charge in [-0.2, -0.15) is 24.9 Å². The van der Waals surface area contributed by atoms with Gasteiger partial charge in [-0.1, -0.05) is 0 Å². The SMILES string of the molecule is O=[N+]([O-])c1ccc(N2CCSCC2)cc1C(F)(F)F. The van der Waals surface area contributed by atoms with Gasteiger partial charge in [0.2, 0.25) is 0 Å². The Kier molecular flexibility index (Phi) is 3.88. The molecule has 0 spiro atoms. The predicted molar refractivity (Wildman–Crippen MR) is 67.6 cm³/mol. The maximum Gasteiger partial charge on any atom is 0.423 e. The molecule has 0 aliphatic carbocycles. The molecular formula is C11H11F3N2O2S. The first-order valence-electron chi connectivity index (χ1n) is 5.58. The van der Waals surface area contributed by atoms with Crippen LogP contribution in [-0.2, 0) is 6.18 Å². The molecule has 0 saturated carbocycles. The van der Waals surface area contributed by atoms with Crippen molar-refractivity contribution in [2.24, 2.45) is 0 Å². The molecule has 1 aromatic rings. The van der Waals surface area contributed by atoms with Gasteiger partial charge >= 0.3 is 6.18 Å². The van der Waals surface area contributed by atoms with Gasteiger partial charge in [-0.3, -0.25) is 10.1 Å². The molecule has 0 N–H and O–H groups in total. The molecule has 1 saturated heterocycles. The van der Waals surface area contributed by atoms with E-state index in [9.17, 15) is 23.3 Å². The van der Waals surface area contributed by atoms with E-state index in [1.165, 1.54) is 6.07 Å². The van der Waals surface area contributed by atoms with Crippen molar-refractivity contribution in [3.63, 3.8) is 0 Å². The summed E-state index contributed by atoms with van der Waals surface area (Å²) in [6.45, 7) is 1.31. The smallest absolute Gasteiger partial charge is 0.370 e. The number of thioether (sulfide) groups is 1. The molecule has 19 heavy (non-hydrogen) atoms. The Morgan fingerprint density at radius 1 is 1.26 bits per heavy atom. The maximum absolute atomic E-state index is 12.8. The Morgan fingerprint density at radius 3 is 2.42 bits per heavy atom. The molecule has 2 rings (SSSR count). The summed E-state index contributed by atoms with van der Waals surface area (Å²) in [5.41, 5.74) is -1.70. The lowest BCUT2D eigenvalue weighted by molar-refractivity contribution is -0.388. The summed E-state index contributed by atoms with van der Waals surface area (Å²) in [4.78, 5) is 11.5. The highest BCUT2D eigenvalue weighted by Crippen LogP contribution is 2.38. The predicted octanol–water partition coefficient (Wildman–Crippen LogP) is 3.17. The number of nitro groups is 1. The van der Waals surface area contributed by atoms with Crippen molar-refractivity contribution in [3.05, 3.63) is 33.9 Å². The van der Waals surface area contributed by atoms with Crippen molar-refractivity contribution in [1.29, 1.82) is 0 Å². The summed E-state index contributed by atoms with van der Waals surface area (Å²) in [6, 6.07) is 3.18. The molecule has 0 amide bonds. The van der Waals surface area contributed by atoms with Crippen LogP contribution in [0.25, 0.3) is 0 Å². The summed E-state index contributed by atoms with van der Waals surface area (Å²) in [7, 11) is 0. The summed E-state index contributed by atoms with van der Waals surface area (Å²) in [5.74, 6) is 1.69. The minimum atomic E-state index is -4.72. The largest absolute Gasteiger partial charge is 0.423 e. The van der Waals surface area contributed by atoms with E-state index in [-0.39, 0.29) is 0 Å². The number of alkyl halides is 3. The van der Waals surface area contributed by atoms with Crippen LogP contribution in [0.3, 0.4) is 0 Å². The fourth-order valence-electron chi connectivity index (χ4n) is 1.93. The molecule has 1 heterocycles. The number of halogens is 3. The van der Waals surface area contributed by atoms with Gasteiger partial charge in [-0.25, -0.2) is 0 Å². The van der Waals surface area contributed by atoms with E-state index >= 15 is 0 Å². The molecule has 4 nitrogen and oxygen atoms in total. The van der Waals surface area contributed by atoms with Gasteiger partial charge < -0.3 is 4.90 Å². The van der Waals surface area contributed by atoms with Crippen molar-refractivity contribution >= 4 is 23.1 Å². The number of nitro benzene ring substituents is 1. The Morgan fingerprint density at radius 2 is 1.89 bits per heavy atom. The first-order chi connectivity index (χ1) is 8.89. The quantitative estimate of drug-likeness (QED) is 0.620. The summed E-state index contributed by atoms with van der Waals surface area (Å²) in [5, 5.41) is 10.6. The molecule has 1 aliphatic heterocycles. The van der Waals surface area contributed by atoms with E-state index in [1.54, 1.807) is 11.8 Å². The Balaban J connectivity index is 2.40. The van der Waals surface area contributed by atoms with E-state index in [4.69, 9.17) is 0 Å². The third kappa shape index (κ3) is 3.12. The minimum Gasteiger partial charge on any atom is -0.370 e. The van der Waals surface area contributed by atoms with Gasteiger partial charge in [0.25, 0.3) is 5.69 Å². The van der Waals surface area contributed by atoms with E-state index in [2.05, 4.69) is 0 Å². The first kappa shape index (κ1) is 14.0. The van der Waals surface area contributed by atoms with Crippen molar-refractivity contribution in [1.82, 2.24) is 0 Å². The molecular weight excluding hydrogens is 281 g/mol. The average molecular weight is 292 g/mol. The molecule has 0 bridgehead atoms. The minimum absolute atomic E-state index is 0.387. The lowest BCUT2D eigenvalue weighted by atomic mass is 10.1. The summed E-state index contributed by atoms with van der Waals surface area (Å²) >= 11 is 1.74. The summed E-state index contributed by atoms with van der Waals surface area (Å²) in [6.07, 6.45) is -4.72. The van der Waals surface area contributed by atoms with E-state index in [1.807, 2.05) is 4.90 Å². The van der Waals surface area contributed by atoms with Crippen LogP contribution < -0.4 is 4.90 Å². The molecule has 8 heteroatoms. The van der Waals surface area contributed by atoms with Gasteiger partial charge in [0.05, 0.1) is 4.92 Å². The zero-order chi connectivity index (χ0) is 14.0. The van der Waals surface area contributed by atoms with Gasteiger partial charge in [0.15, 0.2) is 0 Å². The van der Waals surface area contributed by atoms with Crippen molar-refractivity contribution in [2.45, 2.75) is 6.18 Å². The van der Waals surface area contributed by atoms with Crippen LogP contribution >= 0.6 is 11.8 Å². The molecule has 1 aromatic carbocycles. The van der Waals surface area contributed by atoms with Gasteiger partial charge in [-0.15, -0.1) is 0 Å². The second kappa shape index (κ2) is 5.28. The van der Waals surface area contributed by atoms with Crippen LogP contribution in [0.4, 0.5) is 24.5 Å². The van der Waals surface area contributed by atoms with Crippen molar-refractivity contribution in [3.8, 4) is 0 Å². The number of hydrogen-bond acceptors (Lipinski definition) is 4. The van der Waals surface area contributed by atoms with Crippen LogP contribution in [0.15, 0.2) is 18.2 Å². The highest BCUT2D eigenvalue weighted by atomic mass is 32.2. The van der Waals surface area contributed by atoms with E-state index in [0.29, 0.717) is 18.8 Å². The zero-order valence-electron chi connectivity index (χ0n) is 9.81. The van der Waals surface area contributed by atoms with Crippen LogP contribution in [0.5, 0.6) is 0 Å². The second-order valence-electron chi connectivity index (χ2n) is 4.06.